The zero-order valence-electron chi connectivity index (χ0n) is 47.1. The lowest BCUT2D eigenvalue weighted by Crippen LogP contribution is -2.45. The predicted octanol–water partition coefficient (Wildman–Crippen LogP) is 21.2. The molecule has 0 aliphatic carbocycles. The summed E-state index contributed by atoms with van der Waals surface area (Å²) in [6.45, 7) is 4.38. The van der Waals surface area contributed by atoms with Gasteiger partial charge in [-0.25, -0.2) is 0 Å². The third-order valence-corrected chi connectivity index (χ3v) is 14.9. The van der Waals surface area contributed by atoms with Gasteiger partial charge in [0.1, 0.15) is 0 Å². The normalized spacial score (nSPS) is 12.9. The first kappa shape index (κ1) is 67.6. The number of nitrogens with one attached hydrogen (secondary N) is 1. The molecule has 0 saturated carbocycles. The Hall–Kier alpha value is -1.39. The first-order chi connectivity index (χ1) is 34.2. The van der Waals surface area contributed by atoms with Gasteiger partial charge in [0.25, 0.3) is 0 Å². The van der Waals surface area contributed by atoms with Crippen LogP contribution in [0.5, 0.6) is 0 Å². The lowest BCUT2D eigenvalue weighted by molar-refractivity contribution is -0.123. The maximum absolute atomic E-state index is 12.5. The zero-order chi connectivity index (χ0) is 49.9. The van der Waals surface area contributed by atoms with Gasteiger partial charge in [0.2, 0.25) is 5.91 Å². The molecule has 0 aromatic carbocycles. The molecule has 0 fully saturated rings. The summed E-state index contributed by atoms with van der Waals surface area (Å²) < 4.78 is 0. The number of hydrogen-bond acceptors (Lipinski definition) is 3. The van der Waals surface area contributed by atoms with Crippen LogP contribution >= 0.6 is 0 Å². The van der Waals surface area contributed by atoms with E-state index in [-0.39, 0.29) is 12.5 Å². The smallest absolute Gasteiger partial charge is 0.220 e. The second kappa shape index (κ2) is 60.9. The third kappa shape index (κ3) is 57.4. The highest BCUT2D eigenvalue weighted by atomic mass is 16.3. The molecule has 69 heavy (non-hydrogen) atoms. The third-order valence-electron chi connectivity index (χ3n) is 14.9. The maximum Gasteiger partial charge on any atom is 0.220 e. The van der Waals surface area contributed by atoms with E-state index in [2.05, 4.69) is 55.6 Å². The second-order valence-corrected chi connectivity index (χ2v) is 21.8. The Bertz CT molecular complexity index is 1050. The van der Waals surface area contributed by atoms with E-state index in [1.165, 1.54) is 289 Å². The van der Waals surface area contributed by atoms with Crippen LogP contribution < -0.4 is 5.32 Å². The van der Waals surface area contributed by atoms with Crippen molar-refractivity contribution in [1.82, 2.24) is 5.32 Å². The molecular weight excluding hydrogens is 843 g/mol. The van der Waals surface area contributed by atoms with Crippen molar-refractivity contribution in [2.45, 2.75) is 366 Å². The lowest BCUT2D eigenvalue weighted by Gasteiger charge is -2.22. The minimum Gasteiger partial charge on any atom is -0.394 e. The molecule has 0 aliphatic rings. The molecule has 0 aromatic heterocycles. The summed E-state index contributed by atoms with van der Waals surface area (Å²) in [7, 11) is 0. The Balaban J connectivity index is 3.42. The van der Waals surface area contributed by atoms with Crippen molar-refractivity contribution in [2.24, 2.45) is 0 Å². The van der Waals surface area contributed by atoms with Crippen LogP contribution in [0.3, 0.4) is 0 Å². The molecule has 2 atom stereocenters. The van der Waals surface area contributed by atoms with Crippen molar-refractivity contribution in [1.29, 1.82) is 0 Å². The Labute approximate surface area is 433 Å². The van der Waals surface area contributed by atoms with Crippen LogP contribution in [0.1, 0.15) is 354 Å². The van der Waals surface area contributed by atoms with E-state index in [0.29, 0.717) is 12.8 Å². The van der Waals surface area contributed by atoms with Crippen molar-refractivity contribution in [3.05, 3.63) is 36.5 Å². The minimum atomic E-state index is -0.662. The number of unbranched alkanes of at least 4 members (excludes halogenated alkanes) is 46. The van der Waals surface area contributed by atoms with Gasteiger partial charge in [-0.15, -0.1) is 0 Å². The highest BCUT2D eigenvalue weighted by Gasteiger charge is 2.20. The summed E-state index contributed by atoms with van der Waals surface area (Å²) in [5.41, 5.74) is 0. The Morgan fingerprint density at radius 1 is 0.348 bits per heavy atom. The molecule has 3 N–H and O–H groups in total. The molecule has 4 heteroatoms. The fourth-order valence-electron chi connectivity index (χ4n) is 10.1. The van der Waals surface area contributed by atoms with E-state index < -0.39 is 12.1 Å². The van der Waals surface area contributed by atoms with Crippen molar-refractivity contribution in [3.63, 3.8) is 0 Å². The molecule has 0 aliphatic heterocycles. The fourth-order valence-corrected chi connectivity index (χ4v) is 10.1. The van der Waals surface area contributed by atoms with E-state index in [9.17, 15) is 15.0 Å². The molecule has 0 aromatic rings. The Kier molecular flexibility index (Phi) is 59.7. The molecule has 0 saturated heterocycles. The van der Waals surface area contributed by atoms with Gasteiger partial charge in [-0.2, -0.15) is 0 Å². The number of rotatable bonds is 59. The number of allylic oxidation sites excluding steroid dienone is 6. The summed E-state index contributed by atoms with van der Waals surface area (Å²) in [5.74, 6) is -0.0283. The summed E-state index contributed by atoms with van der Waals surface area (Å²) in [6, 6.07) is -0.539. The summed E-state index contributed by atoms with van der Waals surface area (Å²) in [6.07, 6.45) is 83.1. The molecule has 0 rings (SSSR count). The number of carbonyl (C=O) groups is 1. The van der Waals surface area contributed by atoms with Crippen LogP contribution in [0, 0.1) is 0 Å². The van der Waals surface area contributed by atoms with E-state index in [0.717, 1.165) is 38.5 Å². The van der Waals surface area contributed by atoms with E-state index in [1.54, 1.807) is 0 Å². The molecule has 0 bridgehead atoms. The van der Waals surface area contributed by atoms with Crippen LogP contribution in [-0.2, 0) is 4.79 Å². The predicted molar refractivity (Wildman–Crippen MR) is 308 cm³/mol. The van der Waals surface area contributed by atoms with E-state index in [1.807, 2.05) is 0 Å². The monoisotopic (exact) mass is 968 g/mol. The molecule has 4 nitrogen and oxygen atoms in total. The fraction of sp³-hybridized carbons (Fsp3) is 0.892. The Morgan fingerprint density at radius 2 is 0.594 bits per heavy atom. The van der Waals surface area contributed by atoms with Gasteiger partial charge in [0.15, 0.2) is 0 Å². The van der Waals surface area contributed by atoms with E-state index >= 15 is 0 Å². The zero-order valence-corrected chi connectivity index (χ0v) is 47.1. The summed E-state index contributed by atoms with van der Waals surface area (Å²) >= 11 is 0. The molecular formula is C65H125NO3. The average molecular weight is 969 g/mol. The Morgan fingerprint density at radius 3 is 0.884 bits per heavy atom. The van der Waals surface area contributed by atoms with Gasteiger partial charge in [0, 0.05) is 6.42 Å². The standard InChI is InChI=1S/C65H125NO3/c1-3-5-7-9-11-13-15-17-19-21-23-25-27-29-31-32-33-35-36-38-40-42-44-46-48-50-52-54-56-58-60-64(68)63(62-67)66-65(69)61-59-57-55-53-51-49-47-45-43-41-39-37-34-30-28-26-24-22-20-18-16-14-12-10-8-6-4-2/h16,18,22,24,28,30,63-64,67-68H,3-15,17,19-21,23,25-27,29,31-62H2,1-2H3,(H,66,69)/b18-16-,24-22-,30-28-. The van der Waals surface area contributed by atoms with Gasteiger partial charge in [-0.3, -0.25) is 4.79 Å². The number of aliphatic hydroxyl groups is 2. The van der Waals surface area contributed by atoms with Crippen molar-refractivity contribution < 1.29 is 15.0 Å². The second-order valence-electron chi connectivity index (χ2n) is 21.8. The summed E-state index contributed by atoms with van der Waals surface area (Å²) in [4.78, 5) is 12.5. The lowest BCUT2D eigenvalue weighted by atomic mass is 10.0. The first-order valence-electron chi connectivity index (χ1n) is 31.7. The number of hydrogen-bond donors (Lipinski definition) is 3. The maximum atomic E-state index is 12.5. The molecule has 0 heterocycles. The van der Waals surface area contributed by atoms with Gasteiger partial charge in [-0.1, -0.05) is 333 Å². The van der Waals surface area contributed by atoms with Gasteiger partial charge in [0.05, 0.1) is 18.8 Å². The molecule has 408 valence electrons. The minimum absolute atomic E-state index is 0.0283. The molecule has 2 unspecified atom stereocenters. The van der Waals surface area contributed by atoms with Crippen molar-refractivity contribution in [2.75, 3.05) is 6.61 Å². The van der Waals surface area contributed by atoms with Gasteiger partial charge < -0.3 is 15.5 Å². The largest absolute Gasteiger partial charge is 0.394 e. The van der Waals surface area contributed by atoms with Crippen molar-refractivity contribution >= 4 is 5.91 Å². The SMILES string of the molecule is CCCCCCC/C=C\C/C=C\C/C=C\CCCCCCCCCCCCCCC(=O)NC(CO)C(O)CCCCCCCCCCCCCCCCCCCCCCCCCCCCCCCC. The van der Waals surface area contributed by atoms with Crippen LogP contribution in [0.15, 0.2) is 36.5 Å². The molecule has 0 radical (unpaired) electrons. The van der Waals surface area contributed by atoms with Crippen LogP contribution in [-0.4, -0.2) is 34.9 Å². The summed E-state index contributed by atoms with van der Waals surface area (Å²) in [5, 5.41) is 23.4. The highest BCUT2D eigenvalue weighted by molar-refractivity contribution is 5.76. The van der Waals surface area contributed by atoms with Crippen LogP contribution in [0.2, 0.25) is 0 Å². The average Bonchev–Trinajstić information content (AvgIpc) is 3.35. The van der Waals surface area contributed by atoms with Gasteiger partial charge in [-0.05, 0) is 51.4 Å². The van der Waals surface area contributed by atoms with Gasteiger partial charge >= 0.3 is 0 Å². The highest BCUT2D eigenvalue weighted by Crippen LogP contribution is 2.18. The molecule has 0 spiro atoms. The number of aliphatic hydroxyl groups excluding tert-OH is 2. The molecule has 1 amide bonds. The topological polar surface area (TPSA) is 69.6 Å². The van der Waals surface area contributed by atoms with Crippen LogP contribution in [0.4, 0.5) is 0 Å². The quantitative estimate of drug-likeness (QED) is 0.0420. The number of carbonyl (C=O) groups excluding carboxylic acids is 1. The van der Waals surface area contributed by atoms with Crippen LogP contribution in [0.25, 0.3) is 0 Å². The van der Waals surface area contributed by atoms with E-state index in [4.69, 9.17) is 0 Å². The first-order valence-corrected chi connectivity index (χ1v) is 31.7. The van der Waals surface area contributed by atoms with Crippen molar-refractivity contribution in [3.8, 4) is 0 Å². The number of amides is 1.